The molecule has 0 aliphatic rings. The van der Waals surface area contributed by atoms with E-state index in [9.17, 15) is 8.42 Å². The first-order valence-corrected chi connectivity index (χ1v) is 11.6. The second kappa shape index (κ2) is 8.40. The van der Waals surface area contributed by atoms with Crippen LogP contribution in [0.5, 0.6) is 5.75 Å². The smallest absolute Gasteiger partial charge is 0.210 e. The molecule has 0 atom stereocenters. The van der Waals surface area contributed by atoms with Crippen molar-refractivity contribution >= 4 is 32.1 Å². The molecular formula is C25H24N2O3S. The van der Waals surface area contributed by atoms with E-state index in [4.69, 9.17) is 4.74 Å². The Hall–Kier alpha value is -3.38. The minimum absolute atomic E-state index is 0.123. The van der Waals surface area contributed by atoms with Crippen LogP contribution in [0.3, 0.4) is 0 Å². The number of rotatable bonds is 6. The predicted octanol–water partition coefficient (Wildman–Crippen LogP) is 5.83. The number of hydrogen-bond acceptors (Lipinski definition) is 5. The molecule has 158 valence electrons. The molecule has 4 rings (SSSR count). The van der Waals surface area contributed by atoms with E-state index in [0.29, 0.717) is 28.9 Å². The van der Waals surface area contributed by atoms with Crippen molar-refractivity contribution in [2.45, 2.75) is 30.6 Å². The Bertz CT molecular complexity index is 1350. The molecular weight excluding hydrogens is 408 g/mol. The standard InChI is InChI=1S/C25H24N2O3S/c1-4-30-20-12-13-23-22(15-20)25(27-19-11-10-17(2)18(3)14-19)24(16-26-23)31(28,29)21-8-6-5-7-9-21/h5-16H,4H2,1-3H3,(H,26,27). The van der Waals surface area contributed by atoms with Crippen molar-refractivity contribution in [2.24, 2.45) is 0 Å². The van der Waals surface area contributed by atoms with E-state index in [0.717, 1.165) is 11.3 Å². The SMILES string of the molecule is CCOc1ccc2ncc(S(=O)(=O)c3ccccc3)c(Nc3ccc(C)c(C)c3)c2c1. The van der Waals surface area contributed by atoms with Crippen molar-refractivity contribution in [1.29, 1.82) is 0 Å². The molecule has 31 heavy (non-hydrogen) atoms. The third-order valence-corrected chi connectivity index (χ3v) is 7.02. The fraction of sp³-hybridized carbons (Fsp3) is 0.160. The Morgan fingerprint density at radius 3 is 2.42 bits per heavy atom. The van der Waals surface area contributed by atoms with Crippen molar-refractivity contribution in [3.63, 3.8) is 0 Å². The van der Waals surface area contributed by atoms with Gasteiger partial charge in [0, 0.05) is 17.3 Å². The van der Waals surface area contributed by atoms with Gasteiger partial charge in [-0.05, 0) is 74.4 Å². The Kier molecular flexibility index (Phi) is 5.65. The molecule has 1 heterocycles. The van der Waals surface area contributed by atoms with Gasteiger partial charge in [0.25, 0.3) is 0 Å². The monoisotopic (exact) mass is 432 g/mol. The summed E-state index contributed by atoms with van der Waals surface area (Å²) < 4.78 is 32.7. The topological polar surface area (TPSA) is 68.3 Å². The molecule has 1 aromatic heterocycles. The number of aromatic nitrogens is 1. The number of aryl methyl sites for hydroxylation is 2. The largest absolute Gasteiger partial charge is 0.494 e. The highest BCUT2D eigenvalue weighted by atomic mass is 32.2. The number of fused-ring (bicyclic) bond motifs is 1. The fourth-order valence-corrected chi connectivity index (χ4v) is 4.82. The van der Waals surface area contributed by atoms with Gasteiger partial charge in [-0.15, -0.1) is 0 Å². The number of anilines is 2. The van der Waals surface area contributed by atoms with Crippen LogP contribution in [0.25, 0.3) is 10.9 Å². The molecule has 0 aliphatic heterocycles. The molecule has 4 aromatic rings. The van der Waals surface area contributed by atoms with Crippen molar-refractivity contribution in [1.82, 2.24) is 4.98 Å². The summed E-state index contributed by atoms with van der Waals surface area (Å²) in [5.41, 5.74) is 4.26. The number of nitrogens with one attached hydrogen (secondary N) is 1. The molecule has 0 unspecified atom stereocenters. The fourth-order valence-electron chi connectivity index (χ4n) is 3.43. The summed E-state index contributed by atoms with van der Waals surface area (Å²) in [7, 11) is -3.79. The Morgan fingerprint density at radius 2 is 1.71 bits per heavy atom. The van der Waals surface area contributed by atoms with Crippen LogP contribution in [-0.2, 0) is 9.84 Å². The lowest BCUT2D eigenvalue weighted by Gasteiger charge is -2.17. The van der Waals surface area contributed by atoms with Gasteiger partial charge in [-0.1, -0.05) is 24.3 Å². The highest BCUT2D eigenvalue weighted by Gasteiger charge is 2.24. The molecule has 0 fully saturated rings. The maximum absolute atomic E-state index is 13.5. The average molecular weight is 433 g/mol. The van der Waals surface area contributed by atoms with Crippen LogP contribution in [0.15, 0.2) is 82.7 Å². The third-order valence-electron chi connectivity index (χ3n) is 5.23. The summed E-state index contributed by atoms with van der Waals surface area (Å²) in [6.45, 7) is 6.49. The average Bonchev–Trinajstić information content (AvgIpc) is 2.77. The molecule has 1 N–H and O–H groups in total. The van der Waals surface area contributed by atoms with E-state index < -0.39 is 9.84 Å². The minimum Gasteiger partial charge on any atom is -0.494 e. The first-order valence-electron chi connectivity index (χ1n) is 10.1. The first kappa shape index (κ1) is 20.9. The van der Waals surface area contributed by atoms with Gasteiger partial charge in [0.05, 0.1) is 22.7 Å². The highest BCUT2D eigenvalue weighted by Crippen LogP contribution is 2.36. The number of nitrogens with zero attached hydrogens (tertiary/aromatic N) is 1. The number of ether oxygens (including phenoxy) is 1. The van der Waals surface area contributed by atoms with Crippen molar-refractivity contribution in [3.8, 4) is 5.75 Å². The molecule has 5 nitrogen and oxygen atoms in total. The summed E-state index contributed by atoms with van der Waals surface area (Å²) in [5.74, 6) is 0.661. The third kappa shape index (κ3) is 4.11. The zero-order valence-electron chi connectivity index (χ0n) is 17.7. The normalized spacial score (nSPS) is 11.5. The van der Waals surface area contributed by atoms with Gasteiger partial charge in [0.2, 0.25) is 9.84 Å². The van der Waals surface area contributed by atoms with Gasteiger partial charge in [0.1, 0.15) is 10.6 Å². The Balaban J connectivity index is 1.96. The predicted molar refractivity (Wildman–Crippen MR) is 124 cm³/mol. The molecule has 0 aliphatic carbocycles. The molecule has 0 saturated heterocycles. The lowest BCUT2D eigenvalue weighted by atomic mass is 10.1. The summed E-state index contributed by atoms with van der Waals surface area (Å²) in [6.07, 6.45) is 1.42. The van der Waals surface area contributed by atoms with E-state index in [1.807, 2.05) is 57.2 Å². The van der Waals surface area contributed by atoms with E-state index in [-0.39, 0.29) is 9.79 Å². The molecule has 0 amide bonds. The summed E-state index contributed by atoms with van der Waals surface area (Å²) >= 11 is 0. The van der Waals surface area contributed by atoms with Gasteiger partial charge >= 0.3 is 0 Å². The molecule has 3 aromatic carbocycles. The zero-order valence-corrected chi connectivity index (χ0v) is 18.5. The molecule has 0 bridgehead atoms. The molecule has 0 radical (unpaired) electrons. The molecule has 0 saturated carbocycles. The van der Waals surface area contributed by atoms with Crippen molar-refractivity contribution in [2.75, 3.05) is 11.9 Å². The van der Waals surface area contributed by atoms with Crippen molar-refractivity contribution < 1.29 is 13.2 Å². The van der Waals surface area contributed by atoms with E-state index in [2.05, 4.69) is 10.3 Å². The quantitative estimate of drug-likeness (QED) is 0.415. The Labute approximate surface area is 182 Å². The number of hydrogen-bond donors (Lipinski definition) is 1. The van der Waals surface area contributed by atoms with Crippen LogP contribution in [0.1, 0.15) is 18.1 Å². The van der Waals surface area contributed by atoms with Gasteiger partial charge in [0.15, 0.2) is 0 Å². The van der Waals surface area contributed by atoms with Gasteiger partial charge in [-0.2, -0.15) is 0 Å². The van der Waals surface area contributed by atoms with Crippen LogP contribution < -0.4 is 10.1 Å². The second-order valence-electron chi connectivity index (χ2n) is 7.35. The van der Waals surface area contributed by atoms with Gasteiger partial charge < -0.3 is 10.1 Å². The summed E-state index contributed by atoms with van der Waals surface area (Å²) in [4.78, 5) is 4.78. The maximum Gasteiger partial charge on any atom is 0.210 e. The lowest BCUT2D eigenvalue weighted by molar-refractivity contribution is 0.340. The van der Waals surface area contributed by atoms with Gasteiger partial charge in [-0.3, -0.25) is 4.98 Å². The van der Waals surface area contributed by atoms with E-state index >= 15 is 0 Å². The first-order chi connectivity index (χ1) is 14.9. The molecule has 6 heteroatoms. The van der Waals surface area contributed by atoms with Gasteiger partial charge in [-0.25, -0.2) is 8.42 Å². The van der Waals surface area contributed by atoms with E-state index in [1.54, 1.807) is 30.3 Å². The second-order valence-corrected chi connectivity index (χ2v) is 9.27. The maximum atomic E-state index is 13.5. The van der Waals surface area contributed by atoms with Crippen LogP contribution in [-0.4, -0.2) is 20.0 Å². The Morgan fingerprint density at radius 1 is 0.935 bits per heavy atom. The highest BCUT2D eigenvalue weighted by molar-refractivity contribution is 7.91. The lowest BCUT2D eigenvalue weighted by Crippen LogP contribution is -2.07. The molecule has 0 spiro atoms. The minimum atomic E-state index is -3.79. The van der Waals surface area contributed by atoms with Crippen LogP contribution in [0, 0.1) is 13.8 Å². The number of sulfone groups is 1. The number of benzene rings is 3. The van der Waals surface area contributed by atoms with Crippen molar-refractivity contribution in [3.05, 3.63) is 84.1 Å². The van der Waals surface area contributed by atoms with Crippen LogP contribution in [0.2, 0.25) is 0 Å². The zero-order chi connectivity index (χ0) is 22.0. The summed E-state index contributed by atoms with van der Waals surface area (Å²) in [6, 6.07) is 19.9. The number of pyridine rings is 1. The van der Waals surface area contributed by atoms with Crippen LogP contribution >= 0.6 is 0 Å². The summed E-state index contributed by atoms with van der Waals surface area (Å²) in [5, 5.41) is 4.04. The van der Waals surface area contributed by atoms with Crippen LogP contribution in [0.4, 0.5) is 11.4 Å². The van der Waals surface area contributed by atoms with E-state index in [1.165, 1.54) is 11.8 Å².